The number of hydrogen-bond acceptors (Lipinski definition) is 4. The smallest absolute Gasteiger partial charge is 0.416 e. The van der Waals surface area contributed by atoms with Crippen molar-refractivity contribution in [3.8, 4) is 0 Å². The Morgan fingerprint density at radius 3 is 2.54 bits per heavy atom. The number of esters is 1. The number of benzene rings is 2. The zero-order valence-corrected chi connectivity index (χ0v) is 14.2. The Morgan fingerprint density at radius 2 is 1.92 bits per heavy atom. The van der Waals surface area contributed by atoms with E-state index in [4.69, 9.17) is 22.1 Å². The molecule has 0 aliphatic heterocycles. The quantitative estimate of drug-likeness (QED) is 0.613. The van der Waals surface area contributed by atoms with Crippen LogP contribution in [0.2, 0.25) is 5.02 Å². The predicted octanol–water partition coefficient (Wildman–Crippen LogP) is 4.04. The molecule has 138 valence electrons. The fourth-order valence-corrected chi connectivity index (χ4v) is 2.24. The second-order valence-electron chi connectivity index (χ2n) is 5.34. The van der Waals surface area contributed by atoms with Crippen LogP contribution in [-0.4, -0.2) is 18.5 Å². The van der Waals surface area contributed by atoms with Crippen LogP contribution in [-0.2, 0) is 15.7 Å². The largest absolute Gasteiger partial charge is 0.452 e. The van der Waals surface area contributed by atoms with Gasteiger partial charge in [-0.2, -0.15) is 13.2 Å². The summed E-state index contributed by atoms with van der Waals surface area (Å²) in [7, 11) is 0. The van der Waals surface area contributed by atoms with E-state index in [2.05, 4.69) is 5.32 Å². The zero-order valence-electron chi connectivity index (χ0n) is 13.5. The molecule has 9 heteroatoms. The Hall–Kier alpha value is -2.74. The SMILES string of the molecule is Cc1c(Cl)cccc1NC(=O)COC(=O)c1ccc(C(F)(F)F)cc1N. The molecule has 0 atom stereocenters. The molecule has 26 heavy (non-hydrogen) atoms. The van der Waals surface area contributed by atoms with Crippen LogP contribution in [0.25, 0.3) is 0 Å². The van der Waals surface area contributed by atoms with Crippen molar-refractivity contribution >= 4 is 34.9 Å². The lowest BCUT2D eigenvalue weighted by atomic mass is 10.1. The summed E-state index contributed by atoms with van der Waals surface area (Å²) in [5.41, 5.74) is 4.92. The minimum Gasteiger partial charge on any atom is -0.452 e. The molecule has 2 aromatic carbocycles. The van der Waals surface area contributed by atoms with Gasteiger partial charge in [-0.3, -0.25) is 4.79 Å². The molecule has 0 aromatic heterocycles. The highest BCUT2D eigenvalue weighted by Crippen LogP contribution is 2.31. The first-order valence-electron chi connectivity index (χ1n) is 7.28. The third-order valence-corrected chi connectivity index (χ3v) is 3.88. The molecule has 0 saturated heterocycles. The van der Waals surface area contributed by atoms with Gasteiger partial charge in [0.15, 0.2) is 6.61 Å². The standard InChI is InChI=1S/C17H14ClF3N2O3/c1-9-12(18)3-2-4-14(9)23-15(24)8-26-16(25)11-6-5-10(7-13(11)22)17(19,20)21/h2-7H,8,22H2,1H3,(H,23,24). The molecule has 0 aliphatic carbocycles. The summed E-state index contributed by atoms with van der Waals surface area (Å²) >= 11 is 5.94. The Morgan fingerprint density at radius 1 is 1.23 bits per heavy atom. The van der Waals surface area contributed by atoms with Crippen LogP contribution >= 0.6 is 11.6 Å². The van der Waals surface area contributed by atoms with Crippen LogP contribution in [0, 0.1) is 6.92 Å². The molecule has 0 unspecified atom stereocenters. The highest BCUT2D eigenvalue weighted by atomic mass is 35.5. The van der Waals surface area contributed by atoms with Gasteiger partial charge in [0.2, 0.25) is 0 Å². The summed E-state index contributed by atoms with van der Waals surface area (Å²) in [4.78, 5) is 23.8. The molecule has 0 radical (unpaired) electrons. The topological polar surface area (TPSA) is 81.4 Å². The number of ether oxygens (including phenoxy) is 1. The van der Waals surface area contributed by atoms with Crippen molar-refractivity contribution in [3.05, 3.63) is 58.1 Å². The molecule has 0 saturated carbocycles. The summed E-state index contributed by atoms with van der Waals surface area (Å²) in [5, 5.41) is 2.98. The van der Waals surface area contributed by atoms with Crippen molar-refractivity contribution in [2.24, 2.45) is 0 Å². The van der Waals surface area contributed by atoms with Gasteiger partial charge < -0.3 is 15.8 Å². The number of carbonyl (C=O) groups excluding carboxylic acids is 2. The minimum absolute atomic E-state index is 0.260. The summed E-state index contributed by atoms with van der Waals surface area (Å²) in [5.74, 6) is -1.64. The van der Waals surface area contributed by atoms with Crippen LogP contribution in [0.3, 0.4) is 0 Å². The Kier molecular flexibility index (Phi) is 5.76. The number of alkyl halides is 3. The van der Waals surface area contributed by atoms with E-state index < -0.39 is 35.9 Å². The lowest BCUT2D eigenvalue weighted by molar-refractivity contribution is -0.137. The van der Waals surface area contributed by atoms with Gasteiger partial charge in [0.25, 0.3) is 5.91 Å². The first kappa shape index (κ1) is 19.6. The summed E-state index contributed by atoms with van der Waals surface area (Å²) in [6.45, 7) is 1.07. The second kappa shape index (κ2) is 7.65. The molecule has 2 aromatic rings. The number of nitrogens with two attached hydrogens (primary N) is 1. The van der Waals surface area contributed by atoms with E-state index in [1.54, 1.807) is 25.1 Å². The van der Waals surface area contributed by atoms with Gasteiger partial charge in [0.05, 0.1) is 11.1 Å². The third-order valence-electron chi connectivity index (χ3n) is 3.47. The molecular formula is C17H14ClF3N2O3. The number of amides is 1. The van der Waals surface area contributed by atoms with E-state index in [1.807, 2.05) is 0 Å². The van der Waals surface area contributed by atoms with Gasteiger partial charge in [-0.1, -0.05) is 17.7 Å². The van der Waals surface area contributed by atoms with Gasteiger partial charge in [-0.05, 0) is 42.8 Å². The normalized spacial score (nSPS) is 11.1. The lowest BCUT2D eigenvalue weighted by Gasteiger charge is -2.12. The van der Waals surface area contributed by atoms with Crippen molar-refractivity contribution in [2.75, 3.05) is 17.7 Å². The lowest BCUT2D eigenvalue weighted by Crippen LogP contribution is -2.22. The number of nitrogens with one attached hydrogen (secondary N) is 1. The number of hydrogen-bond donors (Lipinski definition) is 2. The molecular weight excluding hydrogens is 373 g/mol. The number of halogens is 4. The molecule has 0 fully saturated rings. The number of rotatable bonds is 4. The van der Waals surface area contributed by atoms with Gasteiger partial charge in [-0.15, -0.1) is 0 Å². The highest BCUT2D eigenvalue weighted by molar-refractivity contribution is 6.31. The molecule has 0 bridgehead atoms. The maximum absolute atomic E-state index is 12.6. The zero-order chi connectivity index (χ0) is 19.5. The van der Waals surface area contributed by atoms with Crippen LogP contribution in [0.15, 0.2) is 36.4 Å². The number of anilines is 2. The van der Waals surface area contributed by atoms with E-state index in [1.165, 1.54) is 0 Å². The average molecular weight is 387 g/mol. The van der Waals surface area contributed by atoms with E-state index in [-0.39, 0.29) is 5.56 Å². The first-order valence-corrected chi connectivity index (χ1v) is 7.66. The molecule has 0 heterocycles. The Balaban J connectivity index is 2.00. The van der Waals surface area contributed by atoms with E-state index in [9.17, 15) is 22.8 Å². The van der Waals surface area contributed by atoms with E-state index in [0.29, 0.717) is 28.4 Å². The second-order valence-corrected chi connectivity index (χ2v) is 5.74. The number of nitrogen functional groups attached to an aromatic ring is 1. The van der Waals surface area contributed by atoms with Crippen molar-refractivity contribution in [3.63, 3.8) is 0 Å². The summed E-state index contributed by atoms with van der Waals surface area (Å²) in [6.07, 6.45) is -4.58. The van der Waals surface area contributed by atoms with Gasteiger partial charge >= 0.3 is 12.1 Å². The molecule has 5 nitrogen and oxygen atoms in total. The molecule has 1 amide bonds. The fraction of sp³-hybridized carbons (Fsp3) is 0.176. The van der Waals surface area contributed by atoms with Crippen molar-refractivity contribution in [1.82, 2.24) is 0 Å². The fourth-order valence-electron chi connectivity index (χ4n) is 2.06. The van der Waals surface area contributed by atoms with Crippen LogP contribution < -0.4 is 11.1 Å². The third kappa shape index (κ3) is 4.66. The Bertz CT molecular complexity index is 854. The molecule has 2 rings (SSSR count). The van der Waals surface area contributed by atoms with Crippen LogP contribution in [0.1, 0.15) is 21.5 Å². The summed E-state index contributed by atoms with van der Waals surface area (Å²) in [6, 6.07) is 7.16. The van der Waals surface area contributed by atoms with Crippen LogP contribution in [0.5, 0.6) is 0 Å². The van der Waals surface area contributed by atoms with Crippen LogP contribution in [0.4, 0.5) is 24.5 Å². The van der Waals surface area contributed by atoms with Gasteiger partial charge in [0, 0.05) is 16.4 Å². The van der Waals surface area contributed by atoms with Gasteiger partial charge in [0.1, 0.15) is 0 Å². The van der Waals surface area contributed by atoms with Gasteiger partial charge in [-0.25, -0.2) is 4.79 Å². The molecule has 0 aliphatic rings. The number of carbonyl (C=O) groups is 2. The highest BCUT2D eigenvalue weighted by Gasteiger charge is 2.31. The maximum atomic E-state index is 12.6. The average Bonchev–Trinajstić information content (AvgIpc) is 2.56. The van der Waals surface area contributed by atoms with E-state index in [0.717, 1.165) is 6.07 Å². The monoisotopic (exact) mass is 386 g/mol. The van der Waals surface area contributed by atoms with E-state index >= 15 is 0 Å². The Labute approximate surface area is 151 Å². The van der Waals surface area contributed by atoms with Crippen molar-refractivity contribution in [1.29, 1.82) is 0 Å². The van der Waals surface area contributed by atoms with Crippen molar-refractivity contribution in [2.45, 2.75) is 13.1 Å². The first-order chi connectivity index (χ1) is 12.1. The maximum Gasteiger partial charge on any atom is 0.416 e. The molecule has 3 N–H and O–H groups in total. The van der Waals surface area contributed by atoms with Crippen molar-refractivity contribution < 1.29 is 27.5 Å². The summed E-state index contributed by atoms with van der Waals surface area (Å²) < 4.78 is 42.6. The minimum atomic E-state index is -4.58. The molecule has 0 spiro atoms. The predicted molar refractivity (Wildman–Crippen MR) is 91.0 cm³/mol.